The monoisotopic (exact) mass is 352 g/mol. The lowest BCUT2D eigenvalue weighted by atomic mass is 10.0. The fourth-order valence-corrected chi connectivity index (χ4v) is 4.38. The van der Waals surface area contributed by atoms with E-state index in [2.05, 4.69) is 57.7 Å². The molecule has 4 rings (SSSR count). The normalized spacial score (nSPS) is 19.7. The number of nitrogens with zero attached hydrogens (tertiary/aromatic N) is 4. The summed E-state index contributed by atoms with van der Waals surface area (Å²) in [5.41, 5.74) is 4.00. The van der Waals surface area contributed by atoms with Crippen LogP contribution in [-0.4, -0.2) is 52.4 Å². The maximum Gasteiger partial charge on any atom is 0.223 e. The quantitative estimate of drug-likeness (QED) is 0.830. The van der Waals surface area contributed by atoms with Crippen LogP contribution in [0.25, 0.3) is 0 Å². The first-order valence-electron chi connectivity index (χ1n) is 9.60. The summed E-state index contributed by atoms with van der Waals surface area (Å²) in [6.07, 6.45) is 7.60. The molecule has 2 heterocycles. The van der Waals surface area contributed by atoms with E-state index in [0.29, 0.717) is 30.8 Å². The summed E-state index contributed by atoms with van der Waals surface area (Å²) in [5.74, 6) is 0.747. The third kappa shape index (κ3) is 3.54. The SMILES string of the molecule is CN(C)CC[C@H]1CN(C(=O)CC2Cc3ccccc3C2)Cc2cncn21. The molecule has 0 bridgehead atoms. The third-order valence-electron chi connectivity index (χ3n) is 5.78. The number of carbonyl (C=O) groups is 1. The van der Waals surface area contributed by atoms with Crippen LogP contribution < -0.4 is 0 Å². The molecule has 1 amide bonds. The number of aromatic nitrogens is 2. The van der Waals surface area contributed by atoms with Crippen molar-refractivity contribution in [3.63, 3.8) is 0 Å². The Morgan fingerprint density at radius 1 is 1.23 bits per heavy atom. The molecular formula is C21H28N4O. The van der Waals surface area contributed by atoms with Gasteiger partial charge in [0.15, 0.2) is 0 Å². The molecule has 0 spiro atoms. The van der Waals surface area contributed by atoms with Crippen LogP contribution in [0.4, 0.5) is 0 Å². The van der Waals surface area contributed by atoms with Crippen LogP contribution in [0.5, 0.6) is 0 Å². The van der Waals surface area contributed by atoms with Gasteiger partial charge >= 0.3 is 0 Å². The lowest BCUT2D eigenvalue weighted by Crippen LogP contribution is -2.42. The van der Waals surface area contributed by atoms with E-state index in [-0.39, 0.29) is 0 Å². The molecule has 2 aromatic rings. The molecule has 26 heavy (non-hydrogen) atoms. The molecule has 0 saturated heterocycles. The minimum absolute atomic E-state index is 0.296. The standard InChI is InChI=1S/C21H28N4O/c1-23(2)8-7-19-13-24(14-20-12-22-15-25(19)20)21(26)11-16-9-17-5-3-4-6-18(17)10-16/h3-6,12,15-16,19H,7-11,13-14H2,1-2H3/t19-/m0/s1. The van der Waals surface area contributed by atoms with Gasteiger partial charge in [0.1, 0.15) is 0 Å². The largest absolute Gasteiger partial charge is 0.335 e. The van der Waals surface area contributed by atoms with Gasteiger partial charge in [0, 0.05) is 19.2 Å². The molecule has 138 valence electrons. The zero-order chi connectivity index (χ0) is 18.1. The highest BCUT2D eigenvalue weighted by Gasteiger charge is 2.30. The highest BCUT2D eigenvalue weighted by atomic mass is 16.2. The second-order valence-electron chi connectivity index (χ2n) is 8.06. The Bertz CT molecular complexity index is 757. The van der Waals surface area contributed by atoms with Crippen molar-refractivity contribution in [2.75, 3.05) is 27.2 Å². The van der Waals surface area contributed by atoms with Gasteiger partial charge in [0.05, 0.1) is 24.6 Å². The van der Waals surface area contributed by atoms with Crippen molar-refractivity contribution in [3.8, 4) is 0 Å². The fourth-order valence-electron chi connectivity index (χ4n) is 4.38. The molecule has 0 unspecified atom stereocenters. The van der Waals surface area contributed by atoms with Crippen LogP contribution >= 0.6 is 0 Å². The minimum atomic E-state index is 0.296. The summed E-state index contributed by atoms with van der Waals surface area (Å²) in [6.45, 7) is 2.51. The van der Waals surface area contributed by atoms with E-state index in [1.54, 1.807) is 0 Å². The third-order valence-corrected chi connectivity index (χ3v) is 5.78. The zero-order valence-electron chi connectivity index (χ0n) is 15.8. The summed E-state index contributed by atoms with van der Waals surface area (Å²) in [4.78, 5) is 21.6. The Morgan fingerprint density at radius 3 is 2.65 bits per heavy atom. The van der Waals surface area contributed by atoms with Gasteiger partial charge in [-0.05, 0) is 56.9 Å². The Hall–Kier alpha value is -2.14. The van der Waals surface area contributed by atoms with Crippen molar-refractivity contribution in [2.45, 2.75) is 38.3 Å². The topological polar surface area (TPSA) is 41.4 Å². The molecule has 0 N–H and O–H groups in total. The smallest absolute Gasteiger partial charge is 0.223 e. The van der Waals surface area contributed by atoms with Gasteiger partial charge in [-0.2, -0.15) is 0 Å². The Morgan fingerprint density at radius 2 is 1.96 bits per heavy atom. The van der Waals surface area contributed by atoms with E-state index >= 15 is 0 Å². The van der Waals surface area contributed by atoms with Crippen molar-refractivity contribution in [3.05, 3.63) is 53.6 Å². The molecule has 1 aromatic carbocycles. The highest BCUT2D eigenvalue weighted by Crippen LogP contribution is 2.30. The highest BCUT2D eigenvalue weighted by molar-refractivity contribution is 5.76. The number of imidazole rings is 1. The first-order chi connectivity index (χ1) is 12.6. The molecule has 0 fully saturated rings. The number of amides is 1. The van der Waals surface area contributed by atoms with Crippen LogP contribution in [0.3, 0.4) is 0 Å². The van der Waals surface area contributed by atoms with Gasteiger partial charge in [-0.25, -0.2) is 4.98 Å². The molecule has 0 saturated carbocycles. The minimum Gasteiger partial charge on any atom is -0.335 e. The van der Waals surface area contributed by atoms with Crippen molar-refractivity contribution >= 4 is 5.91 Å². The van der Waals surface area contributed by atoms with E-state index in [1.165, 1.54) is 11.1 Å². The summed E-state index contributed by atoms with van der Waals surface area (Å²) >= 11 is 0. The molecule has 1 aliphatic carbocycles. The number of carbonyl (C=O) groups excluding carboxylic acids is 1. The number of hydrogen-bond donors (Lipinski definition) is 0. The van der Waals surface area contributed by atoms with Gasteiger partial charge in [-0.3, -0.25) is 4.79 Å². The van der Waals surface area contributed by atoms with Crippen molar-refractivity contribution in [2.24, 2.45) is 5.92 Å². The number of rotatable bonds is 5. The number of fused-ring (bicyclic) bond motifs is 2. The van der Waals surface area contributed by atoms with Crippen LogP contribution in [-0.2, 0) is 24.2 Å². The van der Waals surface area contributed by atoms with Crippen molar-refractivity contribution in [1.82, 2.24) is 19.4 Å². The summed E-state index contributed by atoms with van der Waals surface area (Å²) < 4.78 is 2.26. The lowest BCUT2D eigenvalue weighted by Gasteiger charge is -2.35. The molecular weight excluding hydrogens is 324 g/mol. The zero-order valence-corrected chi connectivity index (χ0v) is 15.8. The summed E-state index contributed by atoms with van der Waals surface area (Å²) in [7, 11) is 4.19. The first-order valence-corrected chi connectivity index (χ1v) is 9.60. The molecule has 5 heteroatoms. The number of benzene rings is 1. The first kappa shape index (κ1) is 17.3. The Kier molecular flexibility index (Phi) is 4.81. The summed E-state index contributed by atoms with van der Waals surface area (Å²) in [6, 6.07) is 8.94. The maximum atomic E-state index is 13.0. The van der Waals surface area contributed by atoms with E-state index in [9.17, 15) is 4.79 Å². The molecule has 1 atom stereocenters. The van der Waals surface area contributed by atoms with Gasteiger partial charge < -0.3 is 14.4 Å². The van der Waals surface area contributed by atoms with Crippen LogP contribution in [0.2, 0.25) is 0 Å². The van der Waals surface area contributed by atoms with Gasteiger partial charge in [0.25, 0.3) is 0 Å². The fraction of sp³-hybridized carbons (Fsp3) is 0.524. The molecule has 0 radical (unpaired) electrons. The van der Waals surface area contributed by atoms with E-state index in [4.69, 9.17) is 0 Å². The van der Waals surface area contributed by atoms with Crippen molar-refractivity contribution < 1.29 is 4.79 Å². The van der Waals surface area contributed by atoms with Crippen molar-refractivity contribution in [1.29, 1.82) is 0 Å². The second-order valence-corrected chi connectivity index (χ2v) is 8.06. The van der Waals surface area contributed by atoms with Gasteiger partial charge in [-0.15, -0.1) is 0 Å². The molecule has 1 aromatic heterocycles. The van der Waals surface area contributed by atoms with E-state index in [1.807, 2.05) is 12.5 Å². The van der Waals surface area contributed by atoms with Crippen LogP contribution in [0.1, 0.15) is 35.7 Å². The predicted molar refractivity (Wildman–Crippen MR) is 102 cm³/mol. The Labute approximate surface area is 155 Å². The molecule has 2 aliphatic rings. The van der Waals surface area contributed by atoms with Gasteiger partial charge in [-0.1, -0.05) is 24.3 Å². The Balaban J connectivity index is 1.41. The van der Waals surface area contributed by atoms with E-state index < -0.39 is 0 Å². The summed E-state index contributed by atoms with van der Waals surface area (Å²) in [5, 5.41) is 0. The van der Waals surface area contributed by atoms with Crippen LogP contribution in [0.15, 0.2) is 36.8 Å². The maximum absolute atomic E-state index is 13.0. The van der Waals surface area contributed by atoms with Crippen LogP contribution in [0, 0.1) is 5.92 Å². The van der Waals surface area contributed by atoms with E-state index in [0.717, 1.165) is 38.0 Å². The average Bonchev–Trinajstić information content (AvgIpc) is 3.25. The molecule has 1 aliphatic heterocycles. The second kappa shape index (κ2) is 7.23. The van der Waals surface area contributed by atoms with Gasteiger partial charge in [0.2, 0.25) is 5.91 Å². The average molecular weight is 352 g/mol. The number of hydrogen-bond acceptors (Lipinski definition) is 3. The predicted octanol–water partition coefficient (Wildman–Crippen LogP) is 2.52. The lowest BCUT2D eigenvalue weighted by molar-refractivity contribution is -0.134. The molecule has 5 nitrogen and oxygen atoms in total.